The van der Waals surface area contributed by atoms with E-state index in [1.807, 2.05) is 30.3 Å². The molecule has 1 amide bonds. The van der Waals surface area contributed by atoms with E-state index in [0.29, 0.717) is 6.61 Å². The molecule has 0 spiro atoms. The van der Waals surface area contributed by atoms with Crippen LogP contribution in [0, 0.1) is 0 Å². The maximum Gasteiger partial charge on any atom is 0.238 e. The zero-order chi connectivity index (χ0) is 17.8. The summed E-state index contributed by atoms with van der Waals surface area (Å²) < 4.78 is 5.87. The van der Waals surface area contributed by atoms with Crippen LogP contribution in [-0.4, -0.2) is 59.5 Å². The molecule has 0 radical (unpaired) electrons. The molecule has 2 aliphatic heterocycles. The Kier molecular flexibility index (Phi) is 5.13. The Morgan fingerprint density at radius 1 is 1.15 bits per heavy atom. The fourth-order valence-electron chi connectivity index (χ4n) is 3.61. The standard InChI is InChI=1S/C20H24N4O2/c25-20-19-14-23(10-11-24(19)9-8-22-20)13-16-4-3-6-18(12-16)26-15-17-5-1-2-7-21-17/h1-7,12,19H,8-11,13-15H2,(H,22,25)/t19-/m1/s1. The summed E-state index contributed by atoms with van der Waals surface area (Å²) in [5.74, 6) is 1.01. The highest BCUT2D eigenvalue weighted by atomic mass is 16.5. The highest BCUT2D eigenvalue weighted by Crippen LogP contribution is 2.19. The fourth-order valence-corrected chi connectivity index (χ4v) is 3.61. The van der Waals surface area contributed by atoms with Gasteiger partial charge in [-0.15, -0.1) is 0 Å². The third-order valence-electron chi connectivity index (χ3n) is 4.99. The van der Waals surface area contributed by atoms with Crippen molar-refractivity contribution in [1.82, 2.24) is 20.1 Å². The van der Waals surface area contributed by atoms with E-state index in [2.05, 4.69) is 32.2 Å². The van der Waals surface area contributed by atoms with Gasteiger partial charge in [0.25, 0.3) is 0 Å². The van der Waals surface area contributed by atoms with Gasteiger partial charge in [-0.3, -0.25) is 19.6 Å². The first-order valence-electron chi connectivity index (χ1n) is 9.14. The molecule has 26 heavy (non-hydrogen) atoms. The first-order valence-corrected chi connectivity index (χ1v) is 9.14. The molecule has 3 heterocycles. The zero-order valence-corrected chi connectivity index (χ0v) is 14.8. The maximum atomic E-state index is 12.1. The summed E-state index contributed by atoms with van der Waals surface area (Å²) in [5, 5.41) is 2.97. The number of piperazine rings is 2. The molecule has 2 aliphatic rings. The minimum Gasteiger partial charge on any atom is -0.487 e. The second kappa shape index (κ2) is 7.85. The highest BCUT2D eigenvalue weighted by Gasteiger charge is 2.34. The number of amides is 1. The number of ether oxygens (including phenoxy) is 1. The van der Waals surface area contributed by atoms with Gasteiger partial charge in [0.1, 0.15) is 18.4 Å². The van der Waals surface area contributed by atoms with Gasteiger partial charge in [-0.25, -0.2) is 0 Å². The van der Waals surface area contributed by atoms with E-state index in [1.165, 1.54) is 5.56 Å². The normalized spacial score (nSPS) is 21.1. The summed E-state index contributed by atoms with van der Waals surface area (Å²) in [6, 6.07) is 14.0. The van der Waals surface area contributed by atoms with Crippen molar-refractivity contribution >= 4 is 5.91 Å². The van der Waals surface area contributed by atoms with Gasteiger partial charge in [-0.05, 0) is 29.8 Å². The predicted molar refractivity (Wildman–Crippen MR) is 98.7 cm³/mol. The van der Waals surface area contributed by atoms with E-state index in [0.717, 1.165) is 50.7 Å². The quantitative estimate of drug-likeness (QED) is 0.878. The molecule has 6 nitrogen and oxygen atoms in total. The molecule has 136 valence electrons. The van der Waals surface area contributed by atoms with E-state index in [-0.39, 0.29) is 11.9 Å². The molecule has 0 saturated carbocycles. The minimum absolute atomic E-state index is 0.0129. The molecule has 6 heteroatoms. The molecule has 0 aliphatic carbocycles. The van der Waals surface area contributed by atoms with Gasteiger partial charge in [0.2, 0.25) is 5.91 Å². The molecule has 4 rings (SSSR count). The van der Waals surface area contributed by atoms with Crippen LogP contribution in [0.25, 0.3) is 0 Å². The Hall–Kier alpha value is -2.44. The fraction of sp³-hybridized carbons (Fsp3) is 0.400. The molecular weight excluding hydrogens is 328 g/mol. The van der Waals surface area contributed by atoms with Crippen LogP contribution in [-0.2, 0) is 17.9 Å². The lowest BCUT2D eigenvalue weighted by Gasteiger charge is -2.43. The van der Waals surface area contributed by atoms with Gasteiger partial charge in [0.15, 0.2) is 0 Å². The van der Waals surface area contributed by atoms with Crippen LogP contribution >= 0.6 is 0 Å². The monoisotopic (exact) mass is 352 g/mol. The van der Waals surface area contributed by atoms with Crippen molar-refractivity contribution in [3.05, 3.63) is 59.9 Å². The Balaban J connectivity index is 1.35. The lowest BCUT2D eigenvalue weighted by molar-refractivity contribution is -0.131. The predicted octanol–water partition coefficient (Wildman–Crippen LogP) is 1.28. The average molecular weight is 352 g/mol. The number of benzene rings is 1. The van der Waals surface area contributed by atoms with Crippen molar-refractivity contribution in [2.45, 2.75) is 19.2 Å². The van der Waals surface area contributed by atoms with Crippen LogP contribution in [0.3, 0.4) is 0 Å². The summed E-state index contributed by atoms with van der Waals surface area (Å²) in [5.41, 5.74) is 2.12. The molecular formula is C20H24N4O2. The van der Waals surface area contributed by atoms with Gasteiger partial charge >= 0.3 is 0 Å². The van der Waals surface area contributed by atoms with E-state index < -0.39 is 0 Å². The summed E-state index contributed by atoms with van der Waals surface area (Å²) in [6.07, 6.45) is 1.77. The Labute approximate surface area is 153 Å². The first kappa shape index (κ1) is 17.0. The third-order valence-corrected chi connectivity index (χ3v) is 4.99. The van der Waals surface area contributed by atoms with Gasteiger partial charge in [-0.1, -0.05) is 18.2 Å². The second-order valence-corrected chi connectivity index (χ2v) is 6.84. The number of fused-ring (bicyclic) bond motifs is 1. The molecule has 1 atom stereocenters. The van der Waals surface area contributed by atoms with Crippen molar-refractivity contribution in [2.24, 2.45) is 0 Å². The average Bonchev–Trinajstić information content (AvgIpc) is 2.68. The van der Waals surface area contributed by atoms with Gasteiger partial charge in [-0.2, -0.15) is 0 Å². The van der Waals surface area contributed by atoms with Crippen LogP contribution in [0.5, 0.6) is 5.75 Å². The van der Waals surface area contributed by atoms with Crippen LogP contribution in [0.4, 0.5) is 0 Å². The van der Waals surface area contributed by atoms with Crippen molar-refractivity contribution < 1.29 is 9.53 Å². The zero-order valence-electron chi connectivity index (χ0n) is 14.8. The largest absolute Gasteiger partial charge is 0.487 e. The molecule has 1 N–H and O–H groups in total. The Morgan fingerprint density at radius 2 is 2.12 bits per heavy atom. The Morgan fingerprint density at radius 3 is 3.00 bits per heavy atom. The van der Waals surface area contributed by atoms with Gasteiger partial charge in [0.05, 0.1) is 5.69 Å². The SMILES string of the molecule is O=C1NCCN2CCN(Cc3cccc(OCc4ccccn4)c3)C[C@H]12. The van der Waals surface area contributed by atoms with Crippen molar-refractivity contribution in [2.75, 3.05) is 32.7 Å². The van der Waals surface area contributed by atoms with E-state index in [9.17, 15) is 4.79 Å². The number of hydrogen-bond acceptors (Lipinski definition) is 5. The minimum atomic E-state index is -0.0129. The van der Waals surface area contributed by atoms with Crippen LogP contribution in [0.1, 0.15) is 11.3 Å². The number of pyridine rings is 1. The number of aromatic nitrogens is 1. The summed E-state index contributed by atoms with van der Waals surface area (Å²) in [4.78, 5) is 21.0. The Bertz CT molecular complexity index is 752. The van der Waals surface area contributed by atoms with E-state index >= 15 is 0 Å². The molecule has 1 aromatic heterocycles. The summed E-state index contributed by atoms with van der Waals surface area (Å²) in [6.45, 7) is 5.75. The number of nitrogens with one attached hydrogen (secondary N) is 1. The molecule has 0 unspecified atom stereocenters. The highest BCUT2D eigenvalue weighted by molar-refractivity contribution is 5.82. The topological polar surface area (TPSA) is 57.7 Å². The second-order valence-electron chi connectivity index (χ2n) is 6.84. The summed E-state index contributed by atoms with van der Waals surface area (Å²) >= 11 is 0. The smallest absolute Gasteiger partial charge is 0.238 e. The molecule has 2 aromatic rings. The van der Waals surface area contributed by atoms with E-state index in [1.54, 1.807) is 6.20 Å². The van der Waals surface area contributed by atoms with Crippen molar-refractivity contribution in [3.8, 4) is 5.75 Å². The number of hydrogen-bond donors (Lipinski definition) is 1. The van der Waals surface area contributed by atoms with Crippen LogP contribution < -0.4 is 10.1 Å². The third kappa shape index (κ3) is 4.03. The van der Waals surface area contributed by atoms with Crippen molar-refractivity contribution in [3.63, 3.8) is 0 Å². The number of carbonyl (C=O) groups is 1. The molecule has 0 bridgehead atoms. The lowest BCUT2D eigenvalue weighted by Crippen LogP contribution is -2.63. The number of rotatable bonds is 5. The van der Waals surface area contributed by atoms with Crippen LogP contribution in [0.15, 0.2) is 48.7 Å². The molecule has 2 saturated heterocycles. The molecule has 1 aromatic carbocycles. The van der Waals surface area contributed by atoms with Gasteiger partial charge in [0, 0.05) is 45.5 Å². The van der Waals surface area contributed by atoms with Gasteiger partial charge < -0.3 is 10.1 Å². The lowest BCUT2D eigenvalue weighted by atomic mass is 10.1. The van der Waals surface area contributed by atoms with Crippen LogP contribution in [0.2, 0.25) is 0 Å². The molecule has 2 fully saturated rings. The number of nitrogens with zero attached hydrogens (tertiary/aromatic N) is 3. The number of carbonyl (C=O) groups excluding carboxylic acids is 1. The van der Waals surface area contributed by atoms with E-state index in [4.69, 9.17) is 4.74 Å². The first-order chi connectivity index (χ1) is 12.8. The maximum absolute atomic E-state index is 12.1. The van der Waals surface area contributed by atoms with Crippen molar-refractivity contribution in [1.29, 1.82) is 0 Å². The summed E-state index contributed by atoms with van der Waals surface area (Å²) in [7, 11) is 0.